The van der Waals surface area contributed by atoms with E-state index in [1.807, 2.05) is 13.0 Å². The predicted molar refractivity (Wildman–Crippen MR) is 88.0 cm³/mol. The third-order valence-corrected chi connectivity index (χ3v) is 5.96. The summed E-state index contributed by atoms with van der Waals surface area (Å²) in [7, 11) is 0. The van der Waals surface area contributed by atoms with Crippen LogP contribution in [0.15, 0.2) is 12.1 Å². The molecule has 23 heavy (non-hydrogen) atoms. The largest absolute Gasteiger partial charge is 0.298 e. The number of aryl methyl sites for hydroxylation is 1. The third kappa shape index (κ3) is 2.43. The van der Waals surface area contributed by atoms with Gasteiger partial charge in [0.25, 0.3) is 0 Å². The first kappa shape index (κ1) is 14.7. The van der Waals surface area contributed by atoms with E-state index in [9.17, 15) is 14.4 Å². The molecule has 0 N–H and O–H groups in total. The van der Waals surface area contributed by atoms with Crippen molar-refractivity contribution in [2.24, 2.45) is 5.92 Å². The van der Waals surface area contributed by atoms with Gasteiger partial charge in [0.1, 0.15) is 5.92 Å². The van der Waals surface area contributed by atoms with E-state index >= 15 is 0 Å². The van der Waals surface area contributed by atoms with Crippen molar-refractivity contribution in [3.8, 4) is 0 Å². The second-order valence-corrected chi connectivity index (χ2v) is 7.56. The molecule has 118 valence electrons. The van der Waals surface area contributed by atoms with Crippen LogP contribution >= 0.6 is 11.3 Å². The zero-order valence-electron chi connectivity index (χ0n) is 12.9. The van der Waals surface area contributed by atoms with E-state index in [1.54, 1.807) is 17.4 Å². The Morgan fingerprint density at radius 2 is 1.87 bits per heavy atom. The van der Waals surface area contributed by atoms with Gasteiger partial charge in [-0.2, -0.15) is 0 Å². The van der Waals surface area contributed by atoms with Crippen LogP contribution in [-0.2, 0) is 9.59 Å². The van der Waals surface area contributed by atoms with Crippen LogP contribution < -0.4 is 0 Å². The molecule has 0 atom stereocenters. The van der Waals surface area contributed by atoms with E-state index in [2.05, 4.69) is 0 Å². The van der Waals surface area contributed by atoms with Gasteiger partial charge in [0.15, 0.2) is 17.3 Å². The smallest absolute Gasteiger partial charge is 0.181 e. The zero-order chi connectivity index (χ0) is 16.1. The number of aromatic nitrogens is 1. The number of carbonyl (C=O) groups is 3. The van der Waals surface area contributed by atoms with E-state index in [-0.39, 0.29) is 17.3 Å². The first-order valence-corrected chi connectivity index (χ1v) is 8.87. The van der Waals surface area contributed by atoms with Gasteiger partial charge >= 0.3 is 0 Å². The Labute approximate surface area is 137 Å². The minimum atomic E-state index is -1.10. The molecule has 0 aliphatic heterocycles. The number of hydrogen-bond donors (Lipinski definition) is 0. The van der Waals surface area contributed by atoms with Crippen LogP contribution in [0.3, 0.4) is 0 Å². The lowest BCUT2D eigenvalue weighted by Gasteiger charge is -2.19. The molecule has 4 rings (SSSR count). The lowest BCUT2D eigenvalue weighted by molar-refractivity contribution is -0.133. The highest BCUT2D eigenvalue weighted by Gasteiger charge is 2.37. The van der Waals surface area contributed by atoms with Crippen molar-refractivity contribution in [2.45, 2.75) is 44.9 Å². The topological polar surface area (TPSA) is 64.1 Å². The van der Waals surface area contributed by atoms with Gasteiger partial charge in [-0.25, -0.2) is 4.98 Å². The Morgan fingerprint density at radius 1 is 1.17 bits per heavy atom. The fraction of sp³-hybridized carbons (Fsp3) is 0.444. The summed E-state index contributed by atoms with van der Waals surface area (Å²) in [4.78, 5) is 41.6. The molecule has 0 saturated heterocycles. The van der Waals surface area contributed by atoms with Crippen molar-refractivity contribution >= 4 is 38.9 Å². The molecular weight excluding hydrogens is 310 g/mol. The molecule has 2 fully saturated rings. The summed E-state index contributed by atoms with van der Waals surface area (Å²) in [6.45, 7) is 1.86. The minimum absolute atomic E-state index is 0.234. The zero-order valence-corrected chi connectivity index (χ0v) is 13.7. The molecule has 0 radical (unpaired) electrons. The summed E-state index contributed by atoms with van der Waals surface area (Å²) in [5.74, 6) is -1.33. The van der Waals surface area contributed by atoms with Gasteiger partial charge in [-0.05, 0) is 43.9 Å². The maximum Gasteiger partial charge on any atom is 0.181 e. The molecule has 5 heteroatoms. The second kappa shape index (κ2) is 5.34. The van der Waals surface area contributed by atoms with Gasteiger partial charge in [0.2, 0.25) is 0 Å². The standard InChI is InChI=1S/C18H17NO3S/c1-9-11(17(22)15-12(20)3-2-4-13(15)21)7-8-14-16(9)19-18(23-14)10-5-6-10/h7-8,10,15H,2-6H2,1H3. The van der Waals surface area contributed by atoms with Crippen LogP contribution in [0.5, 0.6) is 0 Å². The summed E-state index contributed by atoms with van der Waals surface area (Å²) in [5.41, 5.74) is 2.11. The number of nitrogens with zero attached hydrogens (tertiary/aromatic N) is 1. The monoisotopic (exact) mass is 327 g/mol. The van der Waals surface area contributed by atoms with Crippen molar-refractivity contribution in [3.05, 3.63) is 28.3 Å². The molecule has 0 spiro atoms. The van der Waals surface area contributed by atoms with Crippen LogP contribution in [0, 0.1) is 12.8 Å². The van der Waals surface area contributed by atoms with Crippen LogP contribution in [0.1, 0.15) is 59.0 Å². The van der Waals surface area contributed by atoms with Gasteiger partial charge < -0.3 is 0 Å². The highest BCUT2D eigenvalue weighted by atomic mass is 32.1. The predicted octanol–water partition coefficient (Wildman–Crippen LogP) is 3.60. The van der Waals surface area contributed by atoms with Crippen molar-refractivity contribution < 1.29 is 14.4 Å². The quantitative estimate of drug-likeness (QED) is 0.638. The molecule has 0 amide bonds. The Kier molecular flexibility index (Phi) is 3.41. The lowest BCUT2D eigenvalue weighted by atomic mass is 9.81. The summed E-state index contributed by atoms with van der Waals surface area (Å²) >= 11 is 1.68. The molecule has 0 bridgehead atoms. The average Bonchev–Trinajstić information content (AvgIpc) is 3.27. The van der Waals surface area contributed by atoms with Gasteiger partial charge in [-0.3, -0.25) is 14.4 Å². The maximum atomic E-state index is 12.8. The Hall–Kier alpha value is -1.88. The average molecular weight is 327 g/mol. The van der Waals surface area contributed by atoms with Crippen molar-refractivity contribution in [1.82, 2.24) is 4.98 Å². The fourth-order valence-corrected chi connectivity index (χ4v) is 4.46. The molecule has 1 aromatic heterocycles. The maximum absolute atomic E-state index is 12.8. The van der Waals surface area contributed by atoms with Crippen LogP contribution in [0.25, 0.3) is 10.2 Å². The molecule has 0 unspecified atom stereocenters. The summed E-state index contributed by atoms with van der Waals surface area (Å²) in [6.07, 6.45) is 3.60. The number of rotatable bonds is 3. The van der Waals surface area contributed by atoms with Crippen LogP contribution in [0.2, 0.25) is 0 Å². The molecule has 1 heterocycles. The van der Waals surface area contributed by atoms with Crippen molar-refractivity contribution in [2.75, 3.05) is 0 Å². The number of benzene rings is 1. The number of thiazole rings is 1. The molecule has 2 aromatic rings. The summed E-state index contributed by atoms with van der Waals surface area (Å²) in [5, 5.41) is 1.14. The molecule has 2 saturated carbocycles. The molecule has 2 aliphatic rings. The van der Waals surface area contributed by atoms with Crippen molar-refractivity contribution in [3.63, 3.8) is 0 Å². The highest BCUT2D eigenvalue weighted by molar-refractivity contribution is 7.18. The van der Waals surface area contributed by atoms with Crippen LogP contribution in [0.4, 0.5) is 0 Å². The van der Waals surface area contributed by atoms with Crippen LogP contribution in [-0.4, -0.2) is 22.3 Å². The number of carbonyl (C=O) groups excluding carboxylic acids is 3. The summed E-state index contributed by atoms with van der Waals surface area (Å²) < 4.78 is 1.07. The van der Waals surface area contributed by atoms with E-state index in [0.717, 1.165) is 20.8 Å². The number of hydrogen-bond acceptors (Lipinski definition) is 5. The molecule has 4 nitrogen and oxygen atoms in total. The fourth-order valence-electron chi connectivity index (χ4n) is 3.27. The Morgan fingerprint density at radius 3 is 2.52 bits per heavy atom. The summed E-state index contributed by atoms with van der Waals surface area (Å²) in [6, 6.07) is 3.65. The van der Waals surface area contributed by atoms with E-state index < -0.39 is 5.92 Å². The van der Waals surface area contributed by atoms with E-state index in [0.29, 0.717) is 30.7 Å². The minimum Gasteiger partial charge on any atom is -0.298 e. The number of Topliss-reactive ketones (excluding diaryl/α,β-unsaturated/α-hetero) is 3. The molecule has 1 aromatic carbocycles. The first-order chi connectivity index (χ1) is 11.1. The van der Waals surface area contributed by atoms with E-state index in [1.165, 1.54) is 12.8 Å². The van der Waals surface area contributed by atoms with Gasteiger partial charge in [-0.1, -0.05) is 0 Å². The SMILES string of the molecule is Cc1c(C(=O)C2C(=O)CCCC2=O)ccc2sc(C3CC3)nc12. The number of fused-ring (bicyclic) bond motifs is 1. The molecule has 2 aliphatic carbocycles. The third-order valence-electron chi connectivity index (χ3n) is 4.78. The van der Waals surface area contributed by atoms with Gasteiger partial charge in [-0.15, -0.1) is 11.3 Å². The lowest BCUT2D eigenvalue weighted by Crippen LogP contribution is -2.35. The van der Waals surface area contributed by atoms with Gasteiger partial charge in [0, 0.05) is 24.3 Å². The second-order valence-electron chi connectivity index (χ2n) is 6.49. The number of ketones is 3. The van der Waals surface area contributed by atoms with Crippen molar-refractivity contribution in [1.29, 1.82) is 0 Å². The first-order valence-electron chi connectivity index (χ1n) is 8.06. The van der Waals surface area contributed by atoms with E-state index in [4.69, 9.17) is 4.98 Å². The Bertz CT molecular complexity index is 831. The van der Waals surface area contributed by atoms with Gasteiger partial charge in [0.05, 0.1) is 15.2 Å². The normalized spacial score (nSPS) is 19.5. The highest BCUT2D eigenvalue weighted by Crippen LogP contribution is 2.44. The Balaban J connectivity index is 1.75. The molecular formula is C18H17NO3S.